The fourth-order valence-electron chi connectivity index (χ4n) is 3.68. The number of carbonyl (C=O) groups is 3. The first-order valence-electron chi connectivity index (χ1n) is 9.00. The van der Waals surface area contributed by atoms with E-state index >= 15 is 0 Å². The van der Waals surface area contributed by atoms with Gasteiger partial charge in [0.2, 0.25) is 5.91 Å². The Hall–Kier alpha value is -0.840. The van der Waals surface area contributed by atoms with E-state index in [4.69, 9.17) is 0 Å². The molecule has 0 radical (unpaired) electrons. The Kier molecular flexibility index (Phi) is 7.60. The van der Waals surface area contributed by atoms with Crippen LogP contribution >= 0.6 is 11.8 Å². The van der Waals surface area contributed by atoms with Crippen LogP contribution in [0.25, 0.3) is 0 Å². The van der Waals surface area contributed by atoms with E-state index in [0.717, 1.165) is 12.8 Å². The molecule has 0 aromatic rings. The van der Waals surface area contributed by atoms with Crippen LogP contribution in [0.2, 0.25) is 0 Å². The highest BCUT2D eigenvalue weighted by Gasteiger charge is 2.40. The summed E-state index contributed by atoms with van der Waals surface area (Å²) in [7, 11) is 0. The normalized spacial score (nSPS) is 26.8. The number of nitrogens with one attached hydrogen (secondary N) is 1. The smallest absolute Gasteiger partial charge is 0.220 e. The Labute approximate surface area is 143 Å². The molecule has 2 atom stereocenters. The lowest BCUT2D eigenvalue weighted by molar-refractivity contribution is -0.128. The van der Waals surface area contributed by atoms with Gasteiger partial charge in [0, 0.05) is 18.9 Å². The number of thioether (sulfide) groups is 1. The average molecular weight is 340 g/mol. The third kappa shape index (κ3) is 5.63. The van der Waals surface area contributed by atoms with Crippen molar-refractivity contribution in [1.29, 1.82) is 0 Å². The van der Waals surface area contributed by atoms with Gasteiger partial charge in [0.25, 0.3) is 0 Å². The van der Waals surface area contributed by atoms with E-state index in [9.17, 15) is 14.4 Å². The molecule has 0 aromatic heterocycles. The molecular formula is C18H29NO3S. The fourth-order valence-corrected chi connectivity index (χ4v) is 4.41. The van der Waals surface area contributed by atoms with Gasteiger partial charge in [0.05, 0.1) is 11.2 Å². The number of ketones is 2. The largest absolute Gasteiger partial charge is 0.353 e. The number of rotatable bonds is 6. The first-order valence-corrected chi connectivity index (χ1v) is 10.3. The molecule has 0 saturated heterocycles. The number of Topliss-reactive ketones (excluding diaryl/α,β-unsaturated/α-hetero) is 2. The predicted octanol–water partition coefficient (Wildman–Crippen LogP) is 3.28. The molecule has 1 N–H and O–H groups in total. The SMILES string of the molecule is CSC1CC(=O)C(CCCC(=O)NC2CCCCCCC2)C1=O. The van der Waals surface area contributed by atoms with Crippen molar-refractivity contribution in [2.45, 2.75) is 81.9 Å². The summed E-state index contributed by atoms with van der Waals surface area (Å²) in [6, 6.07) is 0.318. The summed E-state index contributed by atoms with van der Waals surface area (Å²) in [5.74, 6) is -0.241. The average Bonchev–Trinajstić information content (AvgIpc) is 2.77. The van der Waals surface area contributed by atoms with Crippen LogP contribution in [0, 0.1) is 5.92 Å². The summed E-state index contributed by atoms with van der Waals surface area (Å²) < 4.78 is 0. The third-order valence-corrected chi connectivity index (χ3v) is 6.06. The van der Waals surface area contributed by atoms with E-state index in [2.05, 4.69) is 5.32 Å². The third-order valence-electron chi connectivity index (χ3n) is 5.09. The van der Waals surface area contributed by atoms with E-state index in [1.165, 1.54) is 43.9 Å². The van der Waals surface area contributed by atoms with Crippen molar-refractivity contribution in [3.8, 4) is 0 Å². The van der Waals surface area contributed by atoms with Crippen molar-refractivity contribution in [3.05, 3.63) is 0 Å². The monoisotopic (exact) mass is 339 g/mol. The first kappa shape index (κ1) is 18.5. The number of carbonyl (C=O) groups excluding carboxylic acids is 3. The van der Waals surface area contributed by atoms with Crippen molar-refractivity contribution in [2.75, 3.05) is 6.26 Å². The first-order chi connectivity index (χ1) is 11.1. The highest BCUT2D eigenvalue weighted by Crippen LogP contribution is 2.30. The number of amides is 1. The second kappa shape index (κ2) is 9.45. The molecule has 2 saturated carbocycles. The van der Waals surface area contributed by atoms with E-state index in [0.29, 0.717) is 31.7 Å². The van der Waals surface area contributed by atoms with Crippen LogP contribution in [-0.4, -0.2) is 35.0 Å². The van der Waals surface area contributed by atoms with Crippen LogP contribution < -0.4 is 5.32 Å². The highest BCUT2D eigenvalue weighted by atomic mass is 32.2. The zero-order valence-corrected chi connectivity index (χ0v) is 15.0. The molecule has 0 spiro atoms. The van der Waals surface area contributed by atoms with Gasteiger partial charge in [-0.3, -0.25) is 14.4 Å². The second-order valence-electron chi connectivity index (χ2n) is 6.85. The minimum absolute atomic E-state index is 0.0646. The lowest BCUT2D eigenvalue weighted by atomic mass is 9.96. The molecule has 130 valence electrons. The van der Waals surface area contributed by atoms with Crippen LogP contribution in [0.5, 0.6) is 0 Å². The van der Waals surface area contributed by atoms with Crippen LogP contribution in [0.1, 0.15) is 70.6 Å². The molecule has 4 nitrogen and oxygen atoms in total. The summed E-state index contributed by atoms with van der Waals surface area (Å²) in [5, 5.41) is 2.99. The zero-order valence-electron chi connectivity index (χ0n) is 14.1. The number of hydrogen-bond acceptors (Lipinski definition) is 4. The highest BCUT2D eigenvalue weighted by molar-refractivity contribution is 8.00. The van der Waals surface area contributed by atoms with Crippen molar-refractivity contribution in [1.82, 2.24) is 5.32 Å². The molecule has 2 aliphatic carbocycles. The zero-order chi connectivity index (χ0) is 16.7. The standard InChI is InChI=1S/C18H29NO3S/c1-23-16-12-15(20)14(18(16)22)10-7-11-17(21)19-13-8-5-3-2-4-6-9-13/h13-14,16H,2-12H2,1H3,(H,19,21). The minimum Gasteiger partial charge on any atom is -0.353 e. The van der Waals surface area contributed by atoms with E-state index < -0.39 is 5.92 Å². The lowest BCUT2D eigenvalue weighted by Crippen LogP contribution is -2.35. The quantitative estimate of drug-likeness (QED) is 0.754. The van der Waals surface area contributed by atoms with Gasteiger partial charge in [0.15, 0.2) is 5.78 Å². The molecule has 2 fully saturated rings. The Morgan fingerprint density at radius 1 is 1.13 bits per heavy atom. The summed E-state index contributed by atoms with van der Waals surface area (Å²) >= 11 is 1.47. The minimum atomic E-state index is -0.457. The maximum Gasteiger partial charge on any atom is 0.220 e. The maximum atomic E-state index is 12.1. The van der Waals surface area contributed by atoms with Gasteiger partial charge in [0.1, 0.15) is 5.78 Å². The van der Waals surface area contributed by atoms with Crippen molar-refractivity contribution < 1.29 is 14.4 Å². The molecule has 0 aromatic carbocycles. The van der Waals surface area contributed by atoms with Crippen LogP contribution in [-0.2, 0) is 14.4 Å². The van der Waals surface area contributed by atoms with Gasteiger partial charge < -0.3 is 5.32 Å². The maximum absolute atomic E-state index is 12.1. The van der Waals surface area contributed by atoms with Gasteiger partial charge >= 0.3 is 0 Å². The van der Waals surface area contributed by atoms with Crippen LogP contribution in [0.3, 0.4) is 0 Å². The molecule has 0 bridgehead atoms. The van der Waals surface area contributed by atoms with Crippen molar-refractivity contribution in [3.63, 3.8) is 0 Å². The second-order valence-corrected chi connectivity index (χ2v) is 7.89. The van der Waals surface area contributed by atoms with Gasteiger partial charge in [-0.15, -0.1) is 0 Å². The summed E-state index contributed by atoms with van der Waals surface area (Å²) in [6.45, 7) is 0. The van der Waals surface area contributed by atoms with E-state index in [1.807, 2.05) is 6.26 Å². The number of hydrogen-bond donors (Lipinski definition) is 1. The Morgan fingerprint density at radius 3 is 2.39 bits per heavy atom. The van der Waals surface area contributed by atoms with E-state index in [-0.39, 0.29) is 22.7 Å². The molecule has 5 heteroatoms. The topological polar surface area (TPSA) is 63.2 Å². The molecule has 1 amide bonds. The molecule has 2 aliphatic rings. The summed E-state index contributed by atoms with van der Waals surface area (Å²) in [4.78, 5) is 36.0. The molecular weight excluding hydrogens is 310 g/mol. The van der Waals surface area contributed by atoms with Crippen molar-refractivity contribution >= 4 is 29.2 Å². The van der Waals surface area contributed by atoms with Gasteiger partial charge in [-0.1, -0.05) is 32.1 Å². The molecule has 2 rings (SSSR count). The molecule has 2 unspecified atom stereocenters. The van der Waals surface area contributed by atoms with Crippen LogP contribution in [0.4, 0.5) is 0 Å². The fraction of sp³-hybridized carbons (Fsp3) is 0.833. The molecule has 0 aliphatic heterocycles. The lowest BCUT2D eigenvalue weighted by Gasteiger charge is -2.21. The Balaban J connectivity index is 1.68. The van der Waals surface area contributed by atoms with Gasteiger partial charge in [-0.05, 0) is 31.9 Å². The molecule has 23 heavy (non-hydrogen) atoms. The molecule has 0 heterocycles. The van der Waals surface area contributed by atoms with Crippen molar-refractivity contribution in [2.24, 2.45) is 5.92 Å². The predicted molar refractivity (Wildman–Crippen MR) is 93.5 cm³/mol. The van der Waals surface area contributed by atoms with E-state index in [1.54, 1.807) is 0 Å². The Morgan fingerprint density at radius 2 is 1.78 bits per heavy atom. The summed E-state index contributed by atoms with van der Waals surface area (Å²) in [6.07, 6.45) is 12.3. The van der Waals surface area contributed by atoms with Gasteiger partial charge in [-0.25, -0.2) is 0 Å². The van der Waals surface area contributed by atoms with Crippen LogP contribution in [0.15, 0.2) is 0 Å². The Bertz CT molecular complexity index is 430. The summed E-state index contributed by atoms with van der Waals surface area (Å²) in [5.41, 5.74) is 0. The van der Waals surface area contributed by atoms with Gasteiger partial charge in [-0.2, -0.15) is 11.8 Å².